The molecule has 1 aromatic rings. The Morgan fingerprint density at radius 1 is 1.22 bits per heavy atom. The molecule has 1 saturated carbocycles. The number of rotatable bonds is 6. The van der Waals surface area contributed by atoms with Gasteiger partial charge in [0.15, 0.2) is 0 Å². The number of likely N-dealkylation sites (tertiary alicyclic amines) is 1. The molecule has 3 rings (SSSR count). The van der Waals surface area contributed by atoms with E-state index in [0.717, 1.165) is 50.9 Å². The van der Waals surface area contributed by atoms with Gasteiger partial charge >= 0.3 is 5.97 Å². The Morgan fingerprint density at radius 3 is 2.78 bits per heavy atom. The number of carbonyl (C=O) groups is 1. The smallest absolute Gasteiger partial charge is 0.307 e. The quantitative estimate of drug-likeness (QED) is 0.581. The van der Waals surface area contributed by atoms with Crippen LogP contribution in [-0.2, 0) is 9.63 Å². The van der Waals surface area contributed by atoms with E-state index in [9.17, 15) is 4.79 Å². The largest absolute Gasteiger partial charge is 0.481 e. The van der Waals surface area contributed by atoms with Gasteiger partial charge in [0.2, 0.25) is 0 Å². The highest BCUT2D eigenvalue weighted by Gasteiger charge is 2.25. The fourth-order valence-electron chi connectivity index (χ4n) is 3.68. The monoisotopic (exact) mass is 392 g/mol. The molecule has 5 nitrogen and oxygen atoms in total. The van der Waals surface area contributed by atoms with Crippen LogP contribution in [0, 0.1) is 5.92 Å². The van der Waals surface area contributed by atoms with E-state index in [-0.39, 0.29) is 18.3 Å². The number of hydrogen-bond donors (Lipinski definition) is 1. The Labute approximate surface area is 167 Å². The van der Waals surface area contributed by atoms with Gasteiger partial charge in [-0.1, -0.05) is 35.5 Å². The first-order valence-electron chi connectivity index (χ1n) is 9.62. The number of oxime groups is 1. The van der Waals surface area contributed by atoms with Gasteiger partial charge in [0.1, 0.15) is 6.61 Å². The lowest BCUT2D eigenvalue weighted by molar-refractivity contribution is -0.143. The van der Waals surface area contributed by atoms with E-state index in [0.29, 0.717) is 13.2 Å². The third-order valence-electron chi connectivity index (χ3n) is 5.15. The Bertz CT molecular complexity index is 661. The second-order valence-corrected chi connectivity index (χ2v) is 7.14. The first-order valence-corrected chi connectivity index (χ1v) is 9.62. The summed E-state index contributed by atoms with van der Waals surface area (Å²) in [5.74, 6) is -0.928. The van der Waals surface area contributed by atoms with Crippen LogP contribution >= 0.6 is 12.4 Å². The lowest BCUT2D eigenvalue weighted by Gasteiger charge is -2.30. The Hall–Kier alpha value is -1.85. The summed E-state index contributed by atoms with van der Waals surface area (Å²) in [6.07, 6.45) is 8.29. The minimum atomic E-state index is -0.686. The van der Waals surface area contributed by atoms with Crippen molar-refractivity contribution in [2.45, 2.75) is 38.5 Å². The molecule has 1 aliphatic heterocycles. The summed E-state index contributed by atoms with van der Waals surface area (Å²) in [7, 11) is 0. The molecule has 1 aliphatic carbocycles. The summed E-state index contributed by atoms with van der Waals surface area (Å²) in [4.78, 5) is 18.9. The highest BCUT2D eigenvalue weighted by atomic mass is 35.5. The van der Waals surface area contributed by atoms with Gasteiger partial charge in [-0.05, 0) is 62.3 Å². The number of nitrogens with zero attached hydrogens (tertiary/aromatic N) is 2. The second kappa shape index (κ2) is 11.1. The van der Waals surface area contributed by atoms with Gasteiger partial charge in [-0.15, -0.1) is 12.4 Å². The predicted molar refractivity (Wildman–Crippen MR) is 110 cm³/mol. The van der Waals surface area contributed by atoms with E-state index in [1.165, 1.54) is 17.6 Å². The molecule has 1 aromatic carbocycles. The minimum absolute atomic E-state index is 0. The van der Waals surface area contributed by atoms with Crippen molar-refractivity contribution in [3.05, 3.63) is 41.5 Å². The van der Waals surface area contributed by atoms with E-state index in [2.05, 4.69) is 28.3 Å². The third-order valence-corrected chi connectivity index (χ3v) is 5.15. The molecule has 27 heavy (non-hydrogen) atoms. The van der Waals surface area contributed by atoms with E-state index in [4.69, 9.17) is 9.94 Å². The minimum Gasteiger partial charge on any atom is -0.481 e. The Morgan fingerprint density at radius 2 is 2.00 bits per heavy atom. The first-order chi connectivity index (χ1) is 12.7. The van der Waals surface area contributed by atoms with Crippen LogP contribution in [0.4, 0.5) is 0 Å². The molecule has 2 fully saturated rings. The Balaban J connectivity index is 0.00000261. The van der Waals surface area contributed by atoms with Gasteiger partial charge in [0.05, 0.1) is 11.6 Å². The second-order valence-electron chi connectivity index (χ2n) is 7.14. The van der Waals surface area contributed by atoms with Gasteiger partial charge in [-0.3, -0.25) is 9.69 Å². The zero-order valence-electron chi connectivity index (χ0n) is 15.7. The van der Waals surface area contributed by atoms with Crippen molar-refractivity contribution >= 4 is 30.2 Å². The molecule has 2 aliphatic rings. The number of halogens is 1. The van der Waals surface area contributed by atoms with Crippen molar-refractivity contribution in [2.75, 3.05) is 26.2 Å². The van der Waals surface area contributed by atoms with Crippen LogP contribution in [0.25, 0.3) is 6.08 Å². The van der Waals surface area contributed by atoms with Crippen LogP contribution in [0.5, 0.6) is 0 Å². The van der Waals surface area contributed by atoms with Gasteiger partial charge in [0.25, 0.3) is 0 Å². The molecule has 148 valence electrons. The highest BCUT2D eigenvalue weighted by molar-refractivity contribution is 6.03. The molecule has 0 spiro atoms. The molecule has 0 amide bonds. The number of hydrogen-bond acceptors (Lipinski definition) is 4. The van der Waals surface area contributed by atoms with Crippen LogP contribution in [-0.4, -0.2) is 47.9 Å². The van der Waals surface area contributed by atoms with Crippen molar-refractivity contribution in [1.82, 2.24) is 4.90 Å². The van der Waals surface area contributed by atoms with Crippen LogP contribution < -0.4 is 0 Å². The summed E-state index contributed by atoms with van der Waals surface area (Å²) in [5, 5.41) is 13.6. The summed E-state index contributed by atoms with van der Waals surface area (Å²) in [6.45, 7) is 2.81. The fourth-order valence-corrected chi connectivity index (χ4v) is 3.68. The maximum absolute atomic E-state index is 11.1. The van der Waals surface area contributed by atoms with Crippen LogP contribution in [0.1, 0.15) is 44.1 Å². The number of piperidine rings is 1. The van der Waals surface area contributed by atoms with E-state index < -0.39 is 5.97 Å². The van der Waals surface area contributed by atoms with Gasteiger partial charge in [-0.2, -0.15) is 0 Å². The lowest BCUT2D eigenvalue weighted by atomic mass is 9.91. The van der Waals surface area contributed by atoms with Crippen molar-refractivity contribution in [2.24, 2.45) is 11.1 Å². The summed E-state index contributed by atoms with van der Waals surface area (Å²) in [5.41, 5.74) is 3.53. The average Bonchev–Trinajstić information content (AvgIpc) is 2.67. The van der Waals surface area contributed by atoms with Gasteiger partial charge < -0.3 is 9.94 Å². The van der Waals surface area contributed by atoms with Crippen LogP contribution in [0.2, 0.25) is 0 Å². The lowest BCUT2D eigenvalue weighted by Crippen LogP contribution is -2.40. The molecule has 0 bridgehead atoms. The Kier molecular flexibility index (Phi) is 8.82. The molecular formula is C21H29ClN2O3. The molecule has 0 radical (unpaired) electrons. The molecule has 1 saturated heterocycles. The molecule has 0 aromatic heterocycles. The van der Waals surface area contributed by atoms with Gasteiger partial charge in [-0.25, -0.2) is 0 Å². The zero-order valence-corrected chi connectivity index (χ0v) is 16.5. The molecule has 1 atom stereocenters. The van der Waals surface area contributed by atoms with E-state index in [1.807, 2.05) is 18.2 Å². The average molecular weight is 393 g/mol. The standard InChI is InChI=1S/C21H28N2O3.ClH/c24-21(25)19-10-6-12-23(16-19)13-14-26-22-20-11-5-4-9-18(20)15-17-7-2-1-3-8-17;/h1-3,7-8,15,19H,4-6,9-14,16H2,(H,24,25);1H/b18-15-,22-20+;/t19-;/m1./s1. The summed E-state index contributed by atoms with van der Waals surface area (Å²) in [6, 6.07) is 10.3. The summed E-state index contributed by atoms with van der Waals surface area (Å²) >= 11 is 0. The maximum Gasteiger partial charge on any atom is 0.307 e. The number of allylic oxidation sites excluding steroid dienone is 1. The molecular weight excluding hydrogens is 364 g/mol. The van der Waals surface area contributed by atoms with Crippen molar-refractivity contribution in [3.8, 4) is 0 Å². The molecule has 6 heteroatoms. The molecule has 1 heterocycles. The van der Waals surface area contributed by atoms with E-state index in [1.54, 1.807) is 0 Å². The predicted octanol–water partition coefficient (Wildman–Crippen LogP) is 4.24. The van der Waals surface area contributed by atoms with E-state index >= 15 is 0 Å². The SMILES string of the molecule is Cl.O=C(O)[C@@H]1CCCN(CCO/N=C2\CCCC\C2=C\c2ccccc2)C1. The zero-order chi connectivity index (χ0) is 18.2. The third kappa shape index (κ3) is 6.67. The van der Waals surface area contributed by atoms with Crippen molar-refractivity contribution in [1.29, 1.82) is 0 Å². The fraction of sp³-hybridized carbons (Fsp3) is 0.524. The van der Waals surface area contributed by atoms with Crippen LogP contribution in [0.15, 0.2) is 41.1 Å². The number of benzene rings is 1. The topological polar surface area (TPSA) is 62.1 Å². The maximum atomic E-state index is 11.1. The van der Waals surface area contributed by atoms with Crippen molar-refractivity contribution in [3.63, 3.8) is 0 Å². The number of aliphatic carboxylic acids is 1. The number of carboxylic acids is 1. The van der Waals surface area contributed by atoms with Gasteiger partial charge in [0, 0.05) is 13.1 Å². The normalized spacial score (nSPS) is 23.8. The number of carboxylic acid groups (broad SMARTS) is 1. The first kappa shape index (κ1) is 21.5. The summed E-state index contributed by atoms with van der Waals surface area (Å²) < 4.78 is 0. The molecule has 0 unspecified atom stereocenters. The molecule has 1 N–H and O–H groups in total. The van der Waals surface area contributed by atoms with Crippen molar-refractivity contribution < 1.29 is 14.7 Å². The highest BCUT2D eigenvalue weighted by Crippen LogP contribution is 2.23. The van der Waals surface area contributed by atoms with Crippen LogP contribution in [0.3, 0.4) is 0 Å².